The van der Waals surface area contributed by atoms with Crippen LogP contribution in [0.4, 0.5) is 0 Å². The predicted octanol–water partition coefficient (Wildman–Crippen LogP) is 3.15. The third kappa shape index (κ3) is 5.83. The van der Waals surface area contributed by atoms with E-state index < -0.39 is 23.5 Å². The number of carboxylic acid groups (broad SMARTS) is 1. The molecule has 31 heavy (non-hydrogen) atoms. The standard InChI is InChI=1S/C24H23NO6/c26-21-12-11-18(22(27)15-31-17-9-5-2-6-10-17)23(28)19(21)14-25-20(24(29)30)13-16-7-3-1-4-8-16/h1-12,20,25-26,28H,13-15H2,(H,29,30)/t20-/m0/s1. The van der Waals surface area contributed by atoms with E-state index in [0.29, 0.717) is 5.75 Å². The minimum Gasteiger partial charge on any atom is -0.507 e. The lowest BCUT2D eigenvalue weighted by Crippen LogP contribution is -2.38. The van der Waals surface area contributed by atoms with Crippen LogP contribution < -0.4 is 10.1 Å². The molecule has 160 valence electrons. The van der Waals surface area contributed by atoms with E-state index in [1.54, 1.807) is 24.3 Å². The highest BCUT2D eigenvalue weighted by atomic mass is 16.5. The van der Waals surface area contributed by atoms with Gasteiger partial charge >= 0.3 is 5.97 Å². The molecule has 3 rings (SSSR count). The van der Waals surface area contributed by atoms with E-state index in [1.807, 2.05) is 36.4 Å². The van der Waals surface area contributed by atoms with Crippen LogP contribution >= 0.6 is 0 Å². The van der Waals surface area contributed by atoms with Gasteiger partial charge in [-0.05, 0) is 36.2 Å². The van der Waals surface area contributed by atoms with Crippen LogP contribution in [-0.4, -0.2) is 39.7 Å². The summed E-state index contributed by atoms with van der Waals surface area (Å²) in [5.41, 5.74) is 0.864. The van der Waals surface area contributed by atoms with Crippen LogP contribution in [0.1, 0.15) is 21.5 Å². The van der Waals surface area contributed by atoms with Crippen LogP contribution in [0.3, 0.4) is 0 Å². The second-order valence-corrected chi connectivity index (χ2v) is 6.95. The minimum absolute atomic E-state index is 0.0135. The summed E-state index contributed by atoms with van der Waals surface area (Å²) in [7, 11) is 0. The molecule has 0 heterocycles. The third-order valence-electron chi connectivity index (χ3n) is 4.78. The maximum Gasteiger partial charge on any atom is 0.321 e. The van der Waals surface area contributed by atoms with E-state index in [4.69, 9.17) is 4.74 Å². The summed E-state index contributed by atoms with van der Waals surface area (Å²) >= 11 is 0. The van der Waals surface area contributed by atoms with E-state index in [1.165, 1.54) is 12.1 Å². The first kappa shape index (κ1) is 21.9. The first-order chi connectivity index (χ1) is 15.0. The lowest BCUT2D eigenvalue weighted by molar-refractivity contribution is -0.139. The van der Waals surface area contributed by atoms with Gasteiger partial charge in [-0.1, -0.05) is 48.5 Å². The molecule has 0 aliphatic carbocycles. The van der Waals surface area contributed by atoms with Crippen molar-refractivity contribution in [3.8, 4) is 17.2 Å². The normalized spacial score (nSPS) is 11.6. The van der Waals surface area contributed by atoms with Gasteiger partial charge in [-0.15, -0.1) is 0 Å². The maximum atomic E-state index is 12.5. The van der Waals surface area contributed by atoms with Gasteiger partial charge in [0.15, 0.2) is 6.61 Å². The van der Waals surface area contributed by atoms with Gasteiger partial charge in [0.1, 0.15) is 23.3 Å². The predicted molar refractivity (Wildman–Crippen MR) is 114 cm³/mol. The minimum atomic E-state index is -1.06. The molecular formula is C24H23NO6. The fourth-order valence-electron chi connectivity index (χ4n) is 3.09. The van der Waals surface area contributed by atoms with E-state index in [2.05, 4.69) is 5.32 Å². The average molecular weight is 421 g/mol. The molecule has 0 amide bonds. The van der Waals surface area contributed by atoms with Crippen LogP contribution in [0.5, 0.6) is 17.2 Å². The Labute approximate surface area is 179 Å². The molecule has 0 saturated carbocycles. The number of Topliss-reactive ketones (excluding diaryl/α,β-unsaturated/α-hetero) is 1. The molecule has 0 bridgehead atoms. The SMILES string of the molecule is O=C(COc1ccccc1)c1ccc(O)c(CN[C@@H](Cc2ccccc2)C(=O)O)c1O. The summed E-state index contributed by atoms with van der Waals surface area (Å²) in [6.07, 6.45) is 0.223. The Morgan fingerprint density at radius 2 is 1.55 bits per heavy atom. The van der Waals surface area contributed by atoms with Gasteiger partial charge in [-0.25, -0.2) is 0 Å². The van der Waals surface area contributed by atoms with E-state index in [-0.39, 0.29) is 36.4 Å². The van der Waals surface area contributed by atoms with Crippen LogP contribution in [0, 0.1) is 0 Å². The van der Waals surface area contributed by atoms with Crippen molar-refractivity contribution in [1.82, 2.24) is 5.32 Å². The van der Waals surface area contributed by atoms with E-state index >= 15 is 0 Å². The van der Waals surface area contributed by atoms with Gasteiger partial charge in [0, 0.05) is 6.54 Å². The molecule has 0 aliphatic rings. The van der Waals surface area contributed by atoms with Gasteiger partial charge in [0.2, 0.25) is 5.78 Å². The van der Waals surface area contributed by atoms with Gasteiger partial charge in [0.25, 0.3) is 0 Å². The first-order valence-electron chi connectivity index (χ1n) is 9.70. The smallest absolute Gasteiger partial charge is 0.321 e. The number of carbonyl (C=O) groups excluding carboxylic acids is 1. The highest BCUT2D eigenvalue weighted by Gasteiger charge is 2.22. The Bertz CT molecular complexity index is 1040. The Morgan fingerprint density at radius 1 is 0.903 bits per heavy atom. The van der Waals surface area contributed by atoms with Gasteiger partial charge in [0.05, 0.1) is 11.1 Å². The van der Waals surface area contributed by atoms with Crippen molar-refractivity contribution < 1.29 is 29.6 Å². The lowest BCUT2D eigenvalue weighted by Gasteiger charge is -2.17. The quantitative estimate of drug-likeness (QED) is 0.372. The molecule has 0 radical (unpaired) electrons. The summed E-state index contributed by atoms with van der Waals surface area (Å²) in [5.74, 6) is -1.67. The molecule has 7 nitrogen and oxygen atoms in total. The van der Waals surface area contributed by atoms with Crippen molar-refractivity contribution >= 4 is 11.8 Å². The van der Waals surface area contributed by atoms with Crippen molar-refractivity contribution in [2.24, 2.45) is 0 Å². The first-order valence-corrected chi connectivity index (χ1v) is 9.70. The summed E-state index contributed by atoms with van der Waals surface area (Å²) in [5, 5.41) is 33.1. The van der Waals surface area contributed by atoms with Gasteiger partial charge in [-0.2, -0.15) is 0 Å². The zero-order valence-electron chi connectivity index (χ0n) is 16.7. The van der Waals surface area contributed by atoms with Crippen LogP contribution in [0.25, 0.3) is 0 Å². The summed E-state index contributed by atoms with van der Waals surface area (Å²) in [4.78, 5) is 24.1. The highest BCUT2D eigenvalue weighted by molar-refractivity contribution is 6.00. The zero-order chi connectivity index (χ0) is 22.2. The van der Waals surface area contributed by atoms with Crippen LogP contribution in [0.15, 0.2) is 72.8 Å². The molecular weight excluding hydrogens is 398 g/mol. The van der Waals surface area contributed by atoms with Gasteiger partial charge in [-0.3, -0.25) is 14.9 Å². The van der Waals surface area contributed by atoms with Crippen molar-refractivity contribution in [2.75, 3.05) is 6.61 Å². The van der Waals surface area contributed by atoms with E-state index in [0.717, 1.165) is 5.56 Å². The number of nitrogens with one attached hydrogen (secondary N) is 1. The molecule has 3 aromatic rings. The zero-order valence-corrected chi connectivity index (χ0v) is 16.7. The van der Waals surface area contributed by atoms with Crippen LogP contribution in [-0.2, 0) is 17.8 Å². The fourth-order valence-corrected chi connectivity index (χ4v) is 3.09. The lowest BCUT2D eigenvalue weighted by atomic mass is 10.0. The number of carbonyl (C=O) groups is 2. The van der Waals surface area contributed by atoms with Crippen molar-refractivity contribution in [2.45, 2.75) is 19.0 Å². The van der Waals surface area contributed by atoms with E-state index in [9.17, 15) is 24.9 Å². The Kier molecular flexibility index (Phi) is 7.24. The Hall–Kier alpha value is -3.84. The number of para-hydroxylation sites is 1. The highest BCUT2D eigenvalue weighted by Crippen LogP contribution is 2.31. The Balaban J connectivity index is 1.70. The van der Waals surface area contributed by atoms with Crippen LogP contribution in [0.2, 0.25) is 0 Å². The largest absolute Gasteiger partial charge is 0.507 e. The summed E-state index contributed by atoms with van der Waals surface area (Å²) < 4.78 is 5.43. The summed E-state index contributed by atoms with van der Waals surface area (Å²) in [6.45, 7) is -0.427. The molecule has 0 spiro atoms. The molecule has 0 unspecified atom stereocenters. The van der Waals surface area contributed by atoms with Crippen molar-refractivity contribution in [3.63, 3.8) is 0 Å². The number of hydrogen-bond donors (Lipinski definition) is 4. The van der Waals surface area contributed by atoms with Gasteiger partial charge < -0.3 is 20.1 Å². The molecule has 7 heteroatoms. The molecule has 0 aliphatic heterocycles. The summed E-state index contributed by atoms with van der Waals surface area (Å²) in [6, 6.07) is 19.6. The molecule has 0 aromatic heterocycles. The number of carboxylic acids is 1. The molecule has 4 N–H and O–H groups in total. The number of hydrogen-bond acceptors (Lipinski definition) is 6. The topological polar surface area (TPSA) is 116 Å². The second-order valence-electron chi connectivity index (χ2n) is 6.95. The number of ketones is 1. The fraction of sp³-hybridized carbons (Fsp3) is 0.167. The number of phenolic OH excluding ortho intramolecular Hbond substituents is 2. The van der Waals surface area contributed by atoms with Crippen molar-refractivity contribution in [3.05, 3.63) is 89.5 Å². The number of aromatic hydroxyl groups is 2. The molecule has 0 fully saturated rings. The van der Waals surface area contributed by atoms with Crippen molar-refractivity contribution in [1.29, 1.82) is 0 Å². The number of phenols is 2. The number of aliphatic carboxylic acids is 1. The number of rotatable bonds is 10. The second kappa shape index (κ2) is 10.3. The number of benzene rings is 3. The monoisotopic (exact) mass is 421 g/mol. The number of ether oxygens (including phenoxy) is 1. The molecule has 3 aromatic carbocycles. The molecule has 0 saturated heterocycles. The molecule has 1 atom stereocenters. The Morgan fingerprint density at radius 3 is 2.19 bits per heavy atom. The maximum absolute atomic E-state index is 12.5. The third-order valence-corrected chi connectivity index (χ3v) is 4.78. The average Bonchev–Trinajstić information content (AvgIpc) is 2.78.